The summed E-state index contributed by atoms with van der Waals surface area (Å²) in [5, 5.41) is 0. The highest BCUT2D eigenvalue weighted by atomic mass is 16.5. The third kappa shape index (κ3) is 4.04. The van der Waals surface area contributed by atoms with Crippen molar-refractivity contribution < 1.29 is 18.7 Å². The molecular formula is C24H28N4O4. The molecule has 168 valence electrons. The van der Waals surface area contributed by atoms with Gasteiger partial charge in [0.25, 0.3) is 5.91 Å². The number of piperazine rings is 1. The van der Waals surface area contributed by atoms with E-state index in [1.54, 1.807) is 24.8 Å². The Labute approximate surface area is 187 Å². The van der Waals surface area contributed by atoms with Crippen molar-refractivity contribution in [3.05, 3.63) is 52.1 Å². The minimum Gasteiger partial charge on any atom is -0.466 e. The molecule has 0 aliphatic carbocycles. The van der Waals surface area contributed by atoms with E-state index < -0.39 is 5.97 Å². The van der Waals surface area contributed by atoms with E-state index in [1.165, 1.54) is 0 Å². The minimum atomic E-state index is -0.488. The molecule has 3 aromatic rings. The molecule has 8 nitrogen and oxygen atoms in total. The van der Waals surface area contributed by atoms with Crippen LogP contribution < -0.4 is 4.90 Å². The second-order valence-corrected chi connectivity index (χ2v) is 8.15. The Morgan fingerprint density at radius 3 is 2.16 bits per heavy atom. The maximum atomic E-state index is 12.9. The van der Waals surface area contributed by atoms with Gasteiger partial charge in [-0.3, -0.25) is 4.79 Å². The topological polar surface area (TPSA) is 88.8 Å². The third-order valence-electron chi connectivity index (χ3n) is 5.87. The molecule has 0 saturated carbocycles. The number of fused-ring (bicyclic) bond motifs is 1. The number of furan rings is 1. The fourth-order valence-corrected chi connectivity index (χ4v) is 3.99. The van der Waals surface area contributed by atoms with Gasteiger partial charge in [-0.2, -0.15) is 0 Å². The first-order valence-corrected chi connectivity index (χ1v) is 10.9. The van der Waals surface area contributed by atoms with Gasteiger partial charge in [-0.1, -0.05) is 0 Å². The number of hydrogen-bond donors (Lipinski definition) is 0. The second kappa shape index (κ2) is 8.61. The van der Waals surface area contributed by atoms with Gasteiger partial charge in [-0.25, -0.2) is 14.8 Å². The number of amides is 1. The van der Waals surface area contributed by atoms with Crippen LogP contribution in [-0.4, -0.2) is 59.5 Å². The highest BCUT2D eigenvalue weighted by molar-refractivity contribution is 5.97. The Balaban J connectivity index is 1.62. The van der Waals surface area contributed by atoms with E-state index in [1.807, 2.05) is 37.8 Å². The lowest BCUT2D eigenvalue weighted by molar-refractivity contribution is 0.0519. The van der Waals surface area contributed by atoms with Crippen LogP contribution in [0, 0.1) is 27.7 Å². The van der Waals surface area contributed by atoms with E-state index in [2.05, 4.69) is 4.98 Å². The second-order valence-electron chi connectivity index (χ2n) is 8.15. The summed E-state index contributed by atoms with van der Waals surface area (Å²) >= 11 is 0. The van der Waals surface area contributed by atoms with Crippen molar-refractivity contribution in [1.82, 2.24) is 14.9 Å². The fraction of sp³-hybridized carbons (Fsp3) is 0.417. The van der Waals surface area contributed by atoms with Crippen LogP contribution in [0.4, 0.5) is 5.82 Å². The third-order valence-corrected chi connectivity index (χ3v) is 5.87. The van der Waals surface area contributed by atoms with Crippen molar-refractivity contribution in [1.29, 1.82) is 0 Å². The van der Waals surface area contributed by atoms with E-state index in [0.717, 1.165) is 22.4 Å². The lowest BCUT2D eigenvalue weighted by atomic mass is 10.1. The molecule has 0 atom stereocenters. The molecule has 1 aliphatic rings. The Kier molecular flexibility index (Phi) is 5.86. The standard InChI is InChI=1S/C24H28N4O4/c1-6-31-24(30)21-22(26-20-12-15(3)14(2)11-19(20)25-21)27-7-9-28(10-8-27)23(29)18-13-16(4)32-17(18)5/h11-13H,6-10H2,1-5H3. The fourth-order valence-electron chi connectivity index (χ4n) is 3.99. The summed E-state index contributed by atoms with van der Waals surface area (Å²) in [6, 6.07) is 5.71. The summed E-state index contributed by atoms with van der Waals surface area (Å²) < 4.78 is 10.8. The van der Waals surface area contributed by atoms with Crippen molar-refractivity contribution >= 4 is 28.7 Å². The van der Waals surface area contributed by atoms with Gasteiger partial charge >= 0.3 is 5.97 Å². The van der Waals surface area contributed by atoms with Crippen molar-refractivity contribution in [3.63, 3.8) is 0 Å². The number of rotatable bonds is 4. The molecule has 0 radical (unpaired) electrons. The molecular weight excluding hydrogens is 408 g/mol. The highest BCUT2D eigenvalue weighted by Gasteiger charge is 2.29. The first-order valence-electron chi connectivity index (χ1n) is 10.9. The van der Waals surface area contributed by atoms with Crippen molar-refractivity contribution in [3.8, 4) is 0 Å². The number of benzene rings is 1. The van der Waals surface area contributed by atoms with E-state index >= 15 is 0 Å². The van der Waals surface area contributed by atoms with Crippen LogP contribution in [0.25, 0.3) is 11.0 Å². The zero-order chi connectivity index (χ0) is 23.0. The molecule has 1 amide bonds. The van der Waals surface area contributed by atoms with Crippen LogP contribution in [0.1, 0.15) is 50.4 Å². The lowest BCUT2D eigenvalue weighted by Crippen LogP contribution is -2.49. The summed E-state index contributed by atoms with van der Waals surface area (Å²) in [5.41, 5.74) is 4.41. The van der Waals surface area contributed by atoms with Crippen LogP contribution in [0.2, 0.25) is 0 Å². The average molecular weight is 437 g/mol. The maximum Gasteiger partial charge on any atom is 0.360 e. The van der Waals surface area contributed by atoms with Gasteiger partial charge < -0.3 is 19.0 Å². The molecule has 8 heteroatoms. The van der Waals surface area contributed by atoms with Crippen molar-refractivity contribution in [2.45, 2.75) is 34.6 Å². The van der Waals surface area contributed by atoms with E-state index in [0.29, 0.717) is 48.8 Å². The van der Waals surface area contributed by atoms with Crippen LogP contribution in [0.3, 0.4) is 0 Å². The number of esters is 1. The zero-order valence-corrected chi connectivity index (χ0v) is 19.2. The lowest BCUT2D eigenvalue weighted by Gasteiger charge is -2.35. The molecule has 0 bridgehead atoms. The molecule has 1 saturated heterocycles. The van der Waals surface area contributed by atoms with Gasteiger partial charge in [0.2, 0.25) is 0 Å². The van der Waals surface area contributed by atoms with Gasteiger partial charge in [-0.15, -0.1) is 0 Å². The van der Waals surface area contributed by atoms with Crippen molar-refractivity contribution in [2.24, 2.45) is 0 Å². The van der Waals surface area contributed by atoms with E-state index in [4.69, 9.17) is 14.1 Å². The van der Waals surface area contributed by atoms with E-state index in [9.17, 15) is 9.59 Å². The number of hydrogen-bond acceptors (Lipinski definition) is 7. The number of aromatic nitrogens is 2. The van der Waals surface area contributed by atoms with Crippen LogP contribution in [-0.2, 0) is 4.74 Å². The predicted octanol–water partition coefficient (Wildman–Crippen LogP) is 3.60. The molecule has 3 heterocycles. The predicted molar refractivity (Wildman–Crippen MR) is 121 cm³/mol. The molecule has 1 aliphatic heterocycles. The molecule has 0 spiro atoms. The molecule has 0 unspecified atom stereocenters. The summed E-state index contributed by atoms with van der Waals surface area (Å²) in [5.74, 6) is 1.33. The number of aryl methyl sites for hydroxylation is 4. The smallest absolute Gasteiger partial charge is 0.360 e. The highest BCUT2D eigenvalue weighted by Crippen LogP contribution is 2.25. The number of anilines is 1. The van der Waals surface area contributed by atoms with Gasteiger partial charge in [0.15, 0.2) is 11.5 Å². The number of carbonyl (C=O) groups excluding carboxylic acids is 2. The summed E-state index contributed by atoms with van der Waals surface area (Å²) in [6.45, 7) is 11.8. The first kappa shape index (κ1) is 21.8. The monoisotopic (exact) mass is 436 g/mol. The van der Waals surface area contributed by atoms with Gasteiger partial charge in [0.05, 0.1) is 23.2 Å². The Morgan fingerprint density at radius 2 is 1.59 bits per heavy atom. The quantitative estimate of drug-likeness (QED) is 0.578. The molecule has 4 rings (SSSR count). The maximum absolute atomic E-state index is 12.9. The van der Waals surface area contributed by atoms with E-state index in [-0.39, 0.29) is 18.2 Å². The van der Waals surface area contributed by atoms with Gasteiger partial charge in [-0.05, 0) is 63.9 Å². The van der Waals surface area contributed by atoms with Gasteiger partial charge in [0.1, 0.15) is 11.5 Å². The number of carbonyl (C=O) groups is 2. The number of nitrogens with zero attached hydrogens (tertiary/aromatic N) is 4. The molecule has 1 aromatic carbocycles. The Bertz CT molecular complexity index is 1190. The summed E-state index contributed by atoms with van der Waals surface area (Å²) in [7, 11) is 0. The Hall–Kier alpha value is -3.42. The first-order chi connectivity index (χ1) is 15.3. The minimum absolute atomic E-state index is 0.0414. The zero-order valence-electron chi connectivity index (χ0n) is 19.2. The van der Waals surface area contributed by atoms with Crippen LogP contribution in [0.15, 0.2) is 22.6 Å². The molecule has 0 N–H and O–H groups in total. The molecule has 32 heavy (non-hydrogen) atoms. The van der Waals surface area contributed by atoms with Crippen molar-refractivity contribution in [2.75, 3.05) is 37.7 Å². The summed E-state index contributed by atoms with van der Waals surface area (Å²) in [4.78, 5) is 38.8. The van der Waals surface area contributed by atoms with Crippen LogP contribution >= 0.6 is 0 Å². The largest absolute Gasteiger partial charge is 0.466 e. The summed E-state index contributed by atoms with van der Waals surface area (Å²) in [6.07, 6.45) is 0. The van der Waals surface area contributed by atoms with Gasteiger partial charge in [0, 0.05) is 26.2 Å². The molecule has 2 aromatic heterocycles. The molecule has 1 fully saturated rings. The Morgan fingerprint density at radius 1 is 0.969 bits per heavy atom. The SMILES string of the molecule is CCOC(=O)c1nc2cc(C)c(C)cc2nc1N1CCN(C(=O)c2cc(C)oc2C)CC1. The average Bonchev–Trinajstić information content (AvgIpc) is 3.11. The van der Waals surface area contributed by atoms with Crippen LogP contribution in [0.5, 0.6) is 0 Å². The normalized spacial score (nSPS) is 14.2. The number of ether oxygens (including phenoxy) is 1.